The molecular weight excluding hydrogens is 208 g/mol. The van der Waals surface area contributed by atoms with Gasteiger partial charge >= 0.3 is 0 Å². The van der Waals surface area contributed by atoms with Gasteiger partial charge in [-0.05, 0) is 38.3 Å². The molecule has 2 atom stereocenters. The van der Waals surface area contributed by atoms with Gasteiger partial charge in [0.15, 0.2) is 0 Å². The van der Waals surface area contributed by atoms with Gasteiger partial charge in [-0.3, -0.25) is 4.99 Å². The van der Waals surface area contributed by atoms with Crippen LogP contribution in [0.2, 0.25) is 0 Å². The van der Waals surface area contributed by atoms with Gasteiger partial charge in [-0.1, -0.05) is 30.3 Å². The Balaban J connectivity index is 1.66. The van der Waals surface area contributed by atoms with Gasteiger partial charge in [0.2, 0.25) is 0 Å². The third kappa shape index (κ3) is 2.27. The Labute approximate surface area is 103 Å². The normalized spacial score (nSPS) is 33.4. The maximum atomic E-state index is 4.78. The Morgan fingerprint density at radius 1 is 1.12 bits per heavy atom. The molecule has 1 aromatic rings. The molecule has 0 N–H and O–H groups in total. The quantitative estimate of drug-likeness (QED) is 0.711. The molecule has 0 amide bonds. The Hall–Kier alpha value is -1.15. The van der Waals surface area contributed by atoms with Gasteiger partial charge in [0.05, 0.1) is 6.04 Å². The molecule has 0 radical (unpaired) electrons. The number of rotatable bonds is 2. The van der Waals surface area contributed by atoms with Crippen molar-refractivity contribution in [1.29, 1.82) is 0 Å². The maximum Gasteiger partial charge on any atom is 0.0529 e. The Morgan fingerprint density at radius 2 is 1.76 bits per heavy atom. The summed E-state index contributed by atoms with van der Waals surface area (Å²) < 4.78 is 0. The fourth-order valence-corrected chi connectivity index (χ4v) is 3.24. The van der Waals surface area contributed by atoms with Crippen molar-refractivity contribution in [3.63, 3.8) is 0 Å². The van der Waals surface area contributed by atoms with Crippen LogP contribution in [0.1, 0.15) is 31.2 Å². The van der Waals surface area contributed by atoms with E-state index in [9.17, 15) is 0 Å². The van der Waals surface area contributed by atoms with Crippen molar-refractivity contribution in [2.45, 2.75) is 43.8 Å². The number of nitrogens with zero attached hydrogens (tertiary/aromatic N) is 2. The topological polar surface area (TPSA) is 15.6 Å². The highest BCUT2D eigenvalue weighted by Gasteiger charge is 2.37. The third-order valence-corrected chi connectivity index (χ3v) is 4.31. The Morgan fingerprint density at radius 3 is 2.41 bits per heavy atom. The van der Waals surface area contributed by atoms with Crippen LogP contribution in [0.4, 0.5) is 0 Å². The summed E-state index contributed by atoms with van der Waals surface area (Å²) in [4.78, 5) is 7.34. The summed E-state index contributed by atoms with van der Waals surface area (Å²) in [6.45, 7) is 0. The zero-order chi connectivity index (χ0) is 11.7. The highest BCUT2D eigenvalue weighted by Crippen LogP contribution is 2.35. The lowest BCUT2D eigenvalue weighted by Gasteiger charge is -2.34. The van der Waals surface area contributed by atoms with Gasteiger partial charge in [0.1, 0.15) is 0 Å². The summed E-state index contributed by atoms with van der Waals surface area (Å²) >= 11 is 0. The minimum absolute atomic E-state index is 0.545. The van der Waals surface area contributed by atoms with Crippen molar-refractivity contribution in [3.8, 4) is 0 Å². The molecule has 3 rings (SSSR count). The molecule has 0 saturated carbocycles. The van der Waals surface area contributed by atoms with E-state index in [1.165, 1.54) is 31.2 Å². The molecule has 0 aliphatic carbocycles. The highest BCUT2D eigenvalue weighted by molar-refractivity contribution is 5.79. The van der Waals surface area contributed by atoms with Gasteiger partial charge in [-0.25, -0.2) is 0 Å². The van der Waals surface area contributed by atoms with Crippen LogP contribution in [0.25, 0.3) is 0 Å². The van der Waals surface area contributed by atoms with Gasteiger partial charge in [-0.15, -0.1) is 0 Å². The highest BCUT2D eigenvalue weighted by atomic mass is 15.2. The third-order valence-electron chi connectivity index (χ3n) is 4.31. The largest absolute Gasteiger partial charge is 0.300 e. The molecule has 2 aliphatic heterocycles. The first-order valence-corrected chi connectivity index (χ1v) is 6.63. The lowest BCUT2D eigenvalue weighted by Crippen LogP contribution is -2.41. The van der Waals surface area contributed by atoms with Crippen LogP contribution in [0.15, 0.2) is 35.3 Å². The summed E-state index contributed by atoms with van der Waals surface area (Å²) in [6, 6.07) is 12.5. The molecule has 2 nitrogen and oxygen atoms in total. The number of benzene rings is 1. The summed E-state index contributed by atoms with van der Waals surface area (Å²) in [7, 11) is 2.28. The molecule has 17 heavy (non-hydrogen) atoms. The van der Waals surface area contributed by atoms with E-state index in [1.54, 1.807) is 0 Å². The van der Waals surface area contributed by atoms with Crippen LogP contribution < -0.4 is 0 Å². The second-order valence-electron chi connectivity index (χ2n) is 5.36. The minimum atomic E-state index is 0.545. The summed E-state index contributed by atoms with van der Waals surface area (Å²) in [5, 5.41) is 0. The first kappa shape index (κ1) is 11.0. The zero-order valence-electron chi connectivity index (χ0n) is 10.4. The van der Waals surface area contributed by atoms with E-state index in [1.807, 2.05) is 6.07 Å². The monoisotopic (exact) mass is 228 g/mol. The van der Waals surface area contributed by atoms with E-state index in [0.717, 1.165) is 12.1 Å². The minimum Gasteiger partial charge on any atom is -0.300 e. The number of fused-ring (bicyclic) bond motifs is 2. The van der Waals surface area contributed by atoms with Gasteiger partial charge in [0.25, 0.3) is 0 Å². The van der Waals surface area contributed by atoms with Crippen molar-refractivity contribution in [1.82, 2.24) is 4.90 Å². The molecule has 2 aliphatic rings. The van der Waals surface area contributed by atoms with E-state index in [-0.39, 0.29) is 0 Å². The van der Waals surface area contributed by atoms with Crippen molar-refractivity contribution < 1.29 is 0 Å². The smallest absolute Gasteiger partial charge is 0.0529 e. The summed E-state index contributed by atoms with van der Waals surface area (Å²) in [6.07, 6.45) is 7.29. The second kappa shape index (κ2) is 4.61. The average Bonchev–Trinajstić information content (AvgIpc) is 2.61. The molecule has 0 unspecified atom stereocenters. The second-order valence-corrected chi connectivity index (χ2v) is 5.36. The molecule has 2 bridgehead atoms. The zero-order valence-corrected chi connectivity index (χ0v) is 10.4. The number of hydrogen-bond donors (Lipinski definition) is 0. The van der Waals surface area contributed by atoms with Crippen LogP contribution >= 0.6 is 0 Å². The standard InChI is InChI=1S/C15H20N2/c1-17-14-7-8-15(17)10-13(9-14)16-11-12-5-3-2-4-6-12/h2-6,11,13-15H,7-10H2,1H3/t14-,15-/m1/s1. The predicted octanol–water partition coefficient (Wildman–Crippen LogP) is 2.73. The van der Waals surface area contributed by atoms with E-state index in [4.69, 9.17) is 4.99 Å². The maximum absolute atomic E-state index is 4.78. The average molecular weight is 228 g/mol. The molecule has 0 spiro atoms. The fraction of sp³-hybridized carbons (Fsp3) is 0.533. The van der Waals surface area contributed by atoms with Crippen LogP contribution in [0.3, 0.4) is 0 Å². The van der Waals surface area contributed by atoms with Crippen molar-refractivity contribution >= 4 is 6.21 Å². The molecule has 2 saturated heterocycles. The molecule has 2 heterocycles. The number of hydrogen-bond acceptors (Lipinski definition) is 2. The van der Waals surface area contributed by atoms with Gasteiger partial charge in [0, 0.05) is 18.3 Å². The molecule has 1 aromatic carbocycles. The number of aliphatic imine (C=N–C) groups is 1. The van der Waals surface area contributed by atoms with Crippen LogP contribution in [0, 0.1) is 0 Å². The first-order valence-electron chi connectivity index (χ1n) is 6.63. The first-order chi connectivity index (χ1) is 8.33. The predicted molar refractivity (Wildman–Crippen MR) is 71.6 cm³/mol. The van der Waals surface area contributed by atoms with Crippen LogP contribution in [0.5, 0.6) is 0 Å². The summed E-state index contributed by atoms with van der Waals surface area (Å²) in [5.41, 5.74) is 1.22. The molecular formula is C15H20N2. The van der Waals surface area contributed by atoms with Crippen LogP contribution in [-0.4, -0.2) is 36.3 Å². The van der Waals surface area contributed by atoms with E-state index < -0.39 is 0 Å². The van der Waals surface area contributed by atoms with E-state index in [2.05, 4.69) is 42.4 Å². The van der Waals surface area contributed by atoms with Crippen LogP contribution in [-0.2, 0) is 0 Å². The lowest BCUT2D eigenvalue weighted by atomic mass is 9.98. The van der Waals surface area contributed by atoms with Gasteiger partial charge in [-0.2, -0.15) is 0 Å². The van der Waals surface area contributed by atoms with Gasteiger partial charge < -0.3 is 4.90 Å². The number of piperidine rings is 1. The fourth-order valence-electron chi connectivity index (χ4n) is 3.24. The molecule has 0 aromatic heterocycles. The molecule has 2 fully saturated rings. The molecule has 2 heteroatoms. The Kier molecular flexibility index (Phi) is 2.98. The van der Waals surface area contributed by atoms with E-state index in [0.29, 0.717) is 6.04 Å². The SMILES string of the molecule is CN1[C@@H]2CC[C@@H]1CC(N=Cc1ccccc1)C2. The molecule has 90 valence electrons. The van der Waals surface area contributed by atoms with Crippen molar-refractivity contribution in [2.24, 2.45) is 4.99 Å². The Bertz CT molecular complexity index is 385. The lowest BCUT2D eigenvalue weighted by molar-refractivity contribution is 0.164. The summed E-state index contributed by atoms with van der Waals surface area (Å²) in [5.74, 6) is 0. The van der Waals surface area contributed by atoms with E-state index >= 15 is 0 Å². The van der Waals surface area contributed by atoms with Crippen molar-refractivity contribution in [2.75, 3.05) is 7.05 Å². The van der Waals surface area contributed by atoms with Crippen molar-refractivity contribution in [3.05, 3.63) is 35.9 Å².